The Balaban J connectivity index is 1.71. The van der Waals surface area contributed by atoms with E-state index in [4.69, 9.17) is 4.74 Å². The number of morpholine rings is 1. The van der Waals surface area contributed by atoms with Crippen molar-refractivity contribution in [1.82, 2.24) is 4.31 Å². The molecule has 0 saturated carbocycles. The zero-order valence-electron chi connectivity index (χ0n) is 16.3. The van der Waals surface area contributed by atoms with Gasteiger partial charge in [-0.15, -0.1) is 0 Å². The summed E-state index contributed by atoms with van der Waals surface area (Å²) in [7, 11) is -3.95. The number of nitrogens with one attached hydrogen (secondary N) is 1. The number of rotatable bonds is 5. The number of hydrazone groups is 1. The first kappa shape index (κ1) is 20.5. The molecule has 1 heterocycles. The van der Waals surface area contributed by atoms with Gasteiger partial charge in [0, 0.05) is 30.8 Å². The number of benzene rings is 2. The Morgan fingerprint density at radius 3 is 2.63 bits per heavy atom. The number of fused-ring (bicyclic) bond motifs is 1. The van der Waals surface area contributed by atoms with Gasteiger partial charge in [-0.1, -0.05) is 24.3 Å². The highest BCUT2D eigenvalue weighted by Gasteiger charge is 2.30. The zero-order chi connectivity index (χ0) is 21.1. The third kappa shape index (κ3) is 4.07. The average molecular weight is 430 g/mol. The second kappa shape index (κ2) is 8.50. The van der Waals surface area contributed by atoms with Gasteiger partial charge in [-0.05, 0) is 30.9 Å². The zero-order valence-corrected chi connectivity index (χ0v) is 17.1. The van der Waals surface area contributed by atoms with E-state index in [0.717, 1.165) is 36.6 Å². The Hall–Kier alpha value is -2.82. The molecule has 0 radical (unpaired) electrons. The van der Waals surface area contributed by atoms with Crippen molar-refractivity contribution in [2.45, 2.75) is 24.2 Å². The quantitative estimate of drug-likeness (QED) is 0.576. The lowest BCUT2D eigenvalue weighted by Crippen LogP contribution is -2.40. The first-order valence-corrected chi connectivity index (χ1v) is 11.2. The van der Waals surface area contributed by atoms with E-state index >= 15 is 0 Å². The van der Waals surface area contributed by atoms with Crippen molar-refractivity contribution in [3.05, 3.63) is 63.7 Å². The van der Waals surface area contributed by atoms with E-state index in [9.17, 15) is 18.5 Å². The maximum atomic E-state index is 13.2. The average Bonchev–Trinajstić information content (AvgIpc) is 2.78. The first-order valence-electron chi connectivity index (χ1n) is 9.74. The molecule has 0 spiro atoms. The highest BCUT2D eigenvalue weighted by molar-refractivity contribution is 7.89. The molecule has 0 amide bonds. The molecule has 0 atom stereocenters. The van der Waals surface area contributed by atoms with Crippen molar-refractivity contribution in [3.63, 3.8) is 0 Å². The van der Waals surface area contributed by atoms with Crippen LogP contribution in [0.25, 0.3) is 0 Å². The van der Waals surface area contributed by atoms with Gasteiger partial charge < -0.3 is 4.74 Å². The van der Waals surface area contributed by atoms with Gasteiger partial charge in [0.05, 0.1) is 29.5 Å². The van der Waals surface area contributed by atoms with Crippen LogP contribution >= 0.6 is 0 Å². The Labute approximate surface area is 174 Å². The lowest BCUT2D eigenvalue weighted by atomic mass is 9.90. The predicted molar refractivity (Wildman–Crippen MR) is 112 cm³/mol. The van der Waals surface area contributed by atoms with Crippen molar-refractivity contribution in [1.29, 1.82) is 0 Å². The van der Waals surface area contributed by atoms with Gasteiger partial charge in [-0.2, -0.15) is 9.41 Å². The summed E-state index contributed by atoms with van der Waals surface area (Å²) in [5.41, 5.74) is 5.86. The molecule has 0 unspecified atom stereocenters. The van der Waals surface area contributed by atoms with Gasteiger partial charge in [0.15, 0.2) is 0 Å². The smallest absolute Gasteiger partial charge is 0.270 e. The molecule has 158 valence electrons. The predicted octanol–water partition coefficient (Wildman–Crippen LogP) is 2.77. The molecule has 30 heavy (non-hydrogen) atoms. The fourth-order valence-corrected chi connectivity index (χ4v) is 5.27. The number of hydrogen-bond acceptors (Lipinski definition) is 7. The molecule has 1 N–H and O–H groups in total. The van der Waals surface area contributed by atoms with Crippen LogP contribution in [0.5, 0.6) is 0 Å². The van der Waals surface area contributed by atoms with Gasteiger partial charge in [-0.25, -0.2) is 8.42 Å². The summed E-state index contributed by atoms with van der Waals surface area (Å²) in [4.78, 5) is 10.5. The number of non-ortho nitro benzene ring substituents is 1. The van der Waals surface area contributed by atoms with Crippen LogP contribution in [0.4, 0.5) is 11.4 Å². The number of sulfonamides is 1. The van der Waals surface area contributed by atoms with E-state index in [0.29, 0.717) is 0 Å². The third-order valence-electron chi connectivity index (χ3n) is 5.26. The van der Waals surface area contributed by atoms with Gasteiger partial charge in [0.1, 0.15) is 4.90 Å². The van der Waals surface area contributed by atoms with Crippen molar-refractivity contribution < 1.29 is 18.1 Å². The van der Waals surface area contributed by atoms with Crippen LogP contribution in [-0.4, -0.2) is 49.7 Å². The standard InChI is InChI=1S/C20H22N4O5S/c25-24(26)16-8-9-19(20(14-16)30(27,28)23-10-12-29-13-11-23)22-21-18-7-3-5-15-4-1-2-6-17(15)18/h1-2,4,6,8-9,14,22H,3,5,7,10-13H2/b21-18-. The van der Waals surface area contributed by atoms with Crippen LogP contribution in [0.3, 0.4) is 0 Å². The third-order valence-corrected chi connectivity index (χ3v) is 7.20. The Morgan fingerprint density at radius 1 is 1.10 bits per heavy atom. The molecule has 1 aliphatic heterocycles. The van der Waals surface area contributed by atoms with E-state index in [1.807, 2.05) is 18.2 Å². The monoisotopic (exact) mass is 430 g/mol. The lowest BCUT2D eigenvalue weighted by Gasteiger charge is -2.26. The summed E-state index contributed by atoms with van der Waals surface area (Å²) in [5.74, 6) is 0. The minimum atomic E-state index is -3.95. The molecule has 1 saturated heterocycles. The molecular weight excluding hydrogens is 408 g/mol. The topological polar surface area (TPSA) is 114 Å². The van der Waals surface area contributed by atoms with Gasteiger partial charge in [-0.3, -0.25) is 15.5 Å². The van der Waals surface area contributed by atoms with Crippen LogP contribution < -0.4 is 5.43 Å². The van der Waals surface area contributed by atoms with Crippen LogP contribution in [0.15, 0.2) is 52.5 Å². The highest BCUT2D eigenvalue weighted by Crippen LogP contribution is 2.30. The molecule has 1 fully saturated rings. The van der Waals surface area contributed by atoms with Crippen molar-refractivity contribution >= 4 is 27.1 Å². The van der Waals surface area contributed by atoms with E-state index in [2.05, 4.69) is 16.6 Å². The van der Waals surface area contributed by atoms with Gasteiger partial charge in [0.25, 0.3) is 5.69 Å². The number of aryl methyl sites for hydroxylation is 1. The number of hydrogen-bond donors (Lipinski definition) is 1. The minimum Gasteiger partial charge on any atom is -0.379 e. The second-order valence-electron chi connectivity index (χ2n) is 7.14. The maximum absolute atomic E-state index is 13.2. The normalized spacial score (nSPS) is 18.7. The van der Waals surface area contributed by atoms with Crippen molar-refractivity contribution in [2.24, 2.45) is 5.10 Å². The molecule has 4 rings (SSSR count). The van der Waals surface area contributed by atoms with Crippen LogP contribution in [-0.2, 0) is 21.2 Å². The molecule has 9 nitrogen and oxygen atoms in total. The number of anilines is 1. The van der Waals surface area contributed by atoms with Crippen molar-refractivity contribution in [3.8, 4) is 0 Å². The first-order chi connectivity index (χ1) is 14.5. The van der Waals surface area contributed by atoms with Gasteiger partial charge in [0.2, 0.25) is 10.0 Å². The van der Waals surface area contributed by atoms with E-state index in [1.165, 1.54) is 22.0 Å². The fourth-order valence-electron chi connectivity index (χ4n) is 3.70. The van der Waals surface area contributed by atoms with Gasteiger partial charge >= 0.3 is 0 Å². The molecule has 0 aromatic heterocycles. The second-order valence-corrected chi connectivity index (χ2v) is 9.04. The maximum Gasteiger partial charge on any atom is 0.270 e. The summed E-state index contributed by atoms with van der Waals surface area (Å²) in [6, 6.07) is 11.7. The number of nitro groups is 1. The largest absolute Gasteiger partial charge is 0.379 e. The van der Waals surface area contributed by atoms with E-state index < -0.39 is 14.9 Å². The summed E-state index contributed by atoms with van der Waals surface area (Å²) < 4.78 is 32.9. The molecule has 2 aliphatic rings. The molecular formula is C20H22N4O5S. The number of ether oxygens (including phenoxy) is 1. The molecule has 0 bridgehead atoms. The summed E-state index contributed by atoms with van der Waals surface area (Å²) in [6.45, 7) is 0.977. The SMILES string of the molecule is O=[N+]([O-])c1ccc(N/N=C2/CCCc3ccccc32)c(S(=O)(=O)N2CCOCC2)c1. The molecule has 2 aromatic rings. The molecule has 2 aromatic carbocycles. The van der Waals surface area contributed by atoms with E-state index in [1.54, 1.807) is 0 Å². The number of nitro benzene ring substituents is 1. The van der Waals surface area contributed by atoms with Crippen LogP contribution in [0, 0.1) is 10.1 Å². The van der Waals surface area contributed by atoms with Crippen LogP contribution in [0.1, 0.15) is 24.0 Å². The van der Waals surface area contributed by atoms with Crippen molar-refractivity contribution in [2.75, 3.05) is 31.7 Å². The van der Waals surface area contributed by atoms with Crippen LogP contribution in [0.2, 0.25) is 0 Å². The van der Waals surface area contributed by atoms with E-state index in [-0.39, 0.29) is 42.6 Å². The molecule has 10 heteroatoms. The highest BCUT2D eigenvalue weighted by atomic mass is 32.2. The summed E-state index contributed by atoms with van der Waals surface area (Å²) >= 11 is 0. The Morgan fingerprint density at radius 2 is 1.87 bits per heavy atom. The fraction of sp³-hybridized carbons (Fsp3) is 0.350. The molecule has 1 aliphatic carbocycles. The summed E-state index contributed by atoms with van der Waals surface area (Å²) in [6.07, 6.45) is 2.70. The summed E-state index contributed by atoms with van der Waals surface area (Å²) in [5, 5.41) is 15.7. The lowest BCUT2D eigenvalue weighted by molar-refractivity contribution is -0.385. The Bertz CT molecular complexity index is 1090. The number of nitrogens with zero attached hydrogens (tertiary/aromatic N) is 3. The Kier molecular flexibility index (Phi) is 5.80. The minimum absolute atomic E-state index is 0.160.